The summed E-state index contributed by atoms with van der Waals surface area (Å²) in [6, 6.07) is 0.0691. The van der Waals surface area contributed by atoms with Crippen LogP contribution in [0.2, 0.25) is 0 Å². The maximum atomic E-state index is 12.5. The highest BCUT2D eigenvalue weighted by Gasteiger charge is 2.30. The lowest BCUT2D eigenvalue weighted by Crippen LogP contribution is -2.44. The van der Waals surface area contributed by atoms with Crippen LogP contribution in [0.1, 0.15) is 36.0 Å². The van der Waals surface area contributed by atoms with Crippen molar-refractivity contribution >= 4 is 17.6 Å². The fourth-order valence-corrected chi connectivity index (χ4v) is 2.52. The van der Waals surface area contributed by atoms with Crippen molar-refractivity contribution in [1.29, 1.82) is 0 Å². The van der Waals surface area contributed by atoms with Crippen molar-refractivity contribution in [3.8, 4) is 0 Å². The van der Waals surface area contributed by atoms with Crippen LogP contribution in [-0.2, 0) is 11.8 Å². The van der Waals surface area contributed by atoms with E-state index in [1.54, 1.807) is 7.05 Å². The minimum atomic E-state index is -0.511. The lowest BCUT2D eigenvalue weighted by atomic mass is 10.1. The largest absolute Gasteiger partial charge is 0.383 e. The standard InChI is InChI=1S/C12H19N5O2/c1-16-11(14)9(6-15-16)12(19)17(7-10(13)18)8-4-2-3-5-8/h6,8H,2-5,7,14H2,1H3,(H2,13,18). The van der Waals surface area contributed by atoms with E-state index in [0.29, 0.717) is 11.4 Å². The Labute approximate surface area is 111 Å². The molecule has 1 saturated carbocycles. The Morgan fingerprint density at radius 1 is 1.47 bits per heavy atom. The fourth-order valence-electron chi connectivity index (χ4n) is 2.52. The van der Waals surface area contributed by atoms with E-state index in [4.69, 9.17) is 11.5 Å². The number of aromatic nitrogens is 2. The number of hydrogen-bond acceptors (Lipinski definition) is 4. The number of nitrogens with two attached hydrogens (primary N) is 2. The molecule has 1 aliphatic carbocycles. The molecule has 4 N–H and O–H groups in total. The number of hydrogen-bond donors (Lipinski definition) is 2. The second-order valence-electron chi connectivity index (χ2n) is 4.90. The molecule has 0 saturated heterocycles. The van der Waals surface area contributed by atoms with Crippen molar-refractivity contribution in [2.75, 3.05) is 12.3 Å². The molecule has 0 aliphatic heterocycles. The summed E-state index contributed by atoms with van der Waals surface area (Å²) in [4.78, 5) is 25.2. The molecule has 0 spiro atoms. The average Bonchev–Trinajstić information content (AvgIpc) is 2.97. The molecule has 2 rings (SSSR count). The van der Waals surface area contributed by atoms with E-state index in [1.165, 1.54) is 15.8 Å². The Kier molecular flexibility index (Phi) is 3.73. The maximum Gasteiger partial charge on any atom is 0.259 e. The Bertz CT molecular complexity index is 490. The van der Waals surface area contributed by atoms with Crippen LogP contribution in [0.3, 0.4) is 0 Å². The quantitative estimate of drug-likeness (QED) is 0.790. The van der Waals surface area contributed by atoms with Crippen LogP contribution in [0.5, 0.6) is 0 Å². The summed E-state index contributed by atoms with van der Waals surface area (Å²) in [7, 11) is 1.67. The van der Waals surface area contributed by atoms with E-state index in [9.17, 15) is 9.59 Å². The van der Waals surface area contributed by atoms with Crippen LogP contribution in [-0.4, -0.2) is 39.1 Å². The van der Waals surface area contributed by atoms with Gasteiger partial charge in [-0.25, -0.2) is 0 Å². The molecule has 1 heterocycles. The SMILES string of the molecule is Cn1ncc(C(=O)N(CC(N)=O)C2CCCC2)c1N. The van der Waals surface area contributed by atoms with Gasteiger partial charge >= 0.3 is 0 Å². The predicted octanol–water partition coefficient (Wildman–Crippen LogP) is -0.128. The monoisotopic (exact) mass is 265 g/mol. The van der Waals surface area contributed by atoms with Gasteiger partial charge in [0.2, 0.25) is 5.91 Å². The normalized spacial score (nSPS) is 15.6. The number of aryl methyl sites for hydroxylation is 1. The number of carbonyl (C=O) groups is 2. The van der Waals surface area contributed by atoms with Crippen LogP contribution in [0, 0.1) is 0 Å². The van der Waals surface area contributed by atoms with Gasteiger partial charge in [-0.05, 0) is 12.8 Å². The maximum absolute atomic E-state index is 12.5. The number of nitrogens with zero attached hydrogens (tertiary/aromatic N) is 3. The minimum Gasteiger partial charge on any atom is -0.383 e. The summed E-state index contributed by atoms with van der Waals surface area (Å²) in [6.45, 7) is -0.0716. The first kappa shape index (κ1) is 13.4. The van der Waals surface area contributed by atoms with Crippen LogP contribution >= 0.6 is 0 Å². The third-order valence-corrected chi connectivity index (χ3v) is 3.57. The number of nitrogen functional groups attached to an aromatic ring is 1. The number of amides is 2. The Hall–Kier alpha value is -2.05. The highest BCUT2D eigenvalue weighted by molar-refractivity contribution is 6.00. The second kappa shape index (κ2) is 5.29. The van der Waals surface area contributed by atoms with Crippen molar-refractivity contribution in [3.63, 3.8) is 0 Å². The molecule has 1 fully saturated rings. The van der Waals surface area contributed by atoms with Crippen LogP contribution in [0.15, 0.2) is 6.20 Å². The second-order valence-corrected chi connectivity index (χ2v) is 4.90. The first-order valence-corrected chi connectivity index (χ1v) is 6.37. The molecule has 104 valence electrons. The lowest BCUT2D eigenvalue weighted by Gasteiger charge is -2.27. The van der Waals surface area contributed by atoms with Gasteiger partial charge in [0.25, 0.3) is 5.91 Å². The molecule has 0 unspecified atom stereocenters. The predicted molar refractivity (Wildman–Crippen MR) is 70.1 cm³/mol. The number of carbonyl (C=O) groups excluding carboxylic acids is 2. The third kappa shape index (κ3) is 2.69. The molecule has 0 bridgehead atoms. The molecule has 1 aliphatic rings. The summed E-state index contributed by atoms with van der Waals surface area (Å²) in [5.41, 5.74) is 11.4. The minimum absolute atomic E-state index is 0.0691. The highest BCUT2D eigenvalue weighted by atomic mass is 16.2. The van der Waals surface area contributed by atoms with Crippen molar-refractivity contribution < 1.29 is 9.59 Å². The van der Waals surface area contributed by atoms with Gasteiger partial charge in [-0.2, -0.15) is 5.10 Å². The molecule has 1 aromatic rings. The Morgan fingerprint density at radius 2 is 2.11 bits per heavy atom. The molecule has 0 aromatic carbocycles. The molecular weight excluding hydrogens is 246 g/mol. The zero-order valence-corrected chi connectivity index (χ0v) is 11.0. The summed E-state index contributed by atoms with van der Waals surface area (Å²) in [5.74, 6) is -0.475. The number of rotatable bonds is 4. The smallest absolute Gasteiger partial charge is 0.259 e. The fraction of sp³-hybridized carbons (Fsp3) is 0.583. The number of primary amides is 1. The number of anilines is 1. The zero-order chi connectivity index (χ0) is 14.0. The molecule has 0 radical (unpaired) electrons. The van der Waals surface area contributed by atoms with Gasteiger partial charge in [0, 0.05) is 13.1 Å². The summed E-state index contributed by atoms with van der Waals surface area (Å²) >= 11 is 0. The highest BCUT2D eigenvalue weighted by Crippen LogP contribution is 2.25. The molecule has 0 atom stereocenters. The molecule has 2 amide bonds. The van der Waals surface area contributed by atoms with Crippen LogP contribution in [0.25, 0.3) is 0 Å². The van der Waals surface area contributed by atoms with Gasteiger partial charge in [-0.1, -0.05) is 12.8 Å². The first-order chi connectivity index (χ1) is 9.00. The first-order valence-electron chi connectivity index (χ1n) is 6.37. The van der Waals surface area contributed by atoms with Crippen molar-refractivity contribution in [1.82, 2.24) is 14.7 Å². The van der Waals surface area contributed by atoms with Gasteiger partial charge in [-0.15, -0.1) is 0 Å². The van der Waals surface area contributed by atoms with E-state index in [0.717, 1.165) is 25.7 Å². The van der Waals surface area contributed by atoms with Crippen LogP contribution < -0.4 is 11.5 Å². The van der Waals surface area contributed by atoms with E-state index in [-0.39, 0.29) is 18.5 Å². The lowest BCUT2D eigenvalue weighted by molar-refractivity contribution is -0.119. The van der Waals surface area contributed by atoms with Gasteiger partial charge in [0.15, 0.2) is 0 Å². The third-order valence-electron chi connectivity index (χ3n) is 3.57. The van der Waals surface area contributed by atoms with E-state index < -0.39 is 5.91 Å². The molecule has 19 heavy (non-hydrogen) atoms. The van der Waals surface area contributed by atoms with Gasteiger partial charge < -0.3 is 16.4 Å². The molecule has 7 nitrogen and oxygen atoms in total. The van der Waals surface area contributed by atoms with Gasteiger partial charge in [0.05, 0.1) is 12.7 Å². The van der Waals surface area contributed by atoms with E-state index in [1.807, 2.05) is 0 Å². The van der Waals surface area contributed by atoms with Gasteiger partial charge in [-0.3, -0.25) is 14.3 Å². The van der Waals surface area contributed by atoms with Gasteiger partial charge in [0.1, 0.15) is 11.4 Å². The summed E-state index contributed by atoms with van der Waals surface area (Å²) in [6.07, 6.45) is 5.37. The average molecular weight is 265 g/mol. The van der Waals surface area contributed by atoms with Crippen molar-refractivity contribution in [3.05, 3.63) is 11.8 Å². The molecule has 1 aromatic heterocycles. The van der Waals surface area contributed by atoms with Crippen LogP contribution in [0.4, 0.5) is 5.82 Å². The van der Waals surface area contributed by atoms with E-state index in [2.05, 4.69) is 5.10 Å². The summed E-state index contributed by atoms with van der Waals surface area (Å²) in [5, 5.41) is 3.95. The Morgan fingerprint density at radius 3 is 2.58 bits per heavy atom. The molecular formula is C12H19N5O2. The zero-order valence-electron chi connectivity index (χ0n) is 11.0. The van der Waals surface area contributed by atoms with Crippen molar-refractivity contribution in [2.45, 2.75) is 31.7 Å². The van der Waals surface area contributed by atoms with E-state index >= 15 is 0 Å². The Balaban J connectivity index is 2.24. The molecule has 7 heteroatoms. The topological polar surface area (TPSA) is 107 Å². The van der Waals surface area contributed by atoms with Crippen molar-refractivity contribution in [2.24, 2.45) is 12.8 Å². The summed E-state index contributed by atoms with van der Waals surface area (Å²) < 4.78 is 1.43.